The Bertz CT molecular complexity index is 228. The van der Waals surface area contributed by atoms with Gasteiger partial charge in [-0.2, -0.15) is 5.10 Å². The van der Waals surface area contributed by atoms with Crippen molar-refractivity contribution in [1.82, 2.24) is 9.78 Å². The monoisotopic (exact) mass is 182 g/mol. The number of hydrogen-bond acceptors (Lipinski definition) is 1. The number of aryl methyl sites for hydroxylation is 1. The lowest BCUT2D eigenvalue weighted by Gasteiger charge is -2.02. The van der Waals surface area contributed by atoms with Crippen molar-refractivity contribution in [2.45, 2.75) is 4.59 Å². The molecule has 0 aliphatic heterocycles. The van der Waals surface area contributed by atoms with Crippen molar-refractivity contribution < 1.29 is 4.39 Å². The number of halogens is 3. The van der Waals surface area contributed by atoms with Crippen LogP contribution in [0, 0.1) is 0 Å². The molecule has 0 unspecified atom stereocenters. The van der Waals surface area contributed by atoms with Crippen LogP contribution in [0.4, 0.5) is 4.39 Å². The minimum atomic E-state index is -2.37. The van der Waals surface area contributed by atoms with E-state index in [4.69, 9.17) is 23.2 Å². The first kappa shape index (κ1) is 7.82. The highest BCUT2D eigenvalue weighted by atomic mass is 35.5. The predicted octanol–water partition coefficient (Wildman–Crippen LogP) is 1.98. The van der Waals surface area contributed by atoms with Crippen LogP contribution in [-0.4, -0.2) is 9.78 Å². The van der Waals surface area contributed by atoms with Crippen molar-refractivity contribution in [2.75, 3.05) is 0 Å². The van der Waals surface area contributed by atoms with Crippen molar-refractivity contribution >= 4 is 23.2 Å². The van der Waals surface area contributed by atoms with Crippen LogP contribution in [0.1, 0.15) is 5.69 Å². The SMILES string of the molecule is Cn1ccc(C(F)(Cl)Cl)n1. The maximum atomic E-state index is 12.6. The van der Waals surface area contributed by atoms with Gasteiger partial charge >= 0.3 is 4.59 Å². The fourth-order valence-corrected chi connectivity index (χ4v) is 0.768. The van der Waals surface area contributed by atoms with E-state index < -0.39 is 4.59 Å². The molecule has 0 aliphatic carbocycles. The van der Waals surface area contributed by atoms with E-state index in [1.54, 1.807) is 13.2 Å². The average Bonchev–Trinajstić information content (AvgIpc) is 2.11. The van der Waals surface area contributed by atoms with E-state index in [9.17, 15) is 4.39 Å². The maximum Gasteiger partial charge on any atom is 0.301 e. The molecule has 0 bridgehead atoms. The van der Waals surface area contributed by atoms with Gasteiger partial charge in [-0.3, -0.25) is 4.68 Å². The lowest BCUT2D eigenvalue weighted by molar-refractivity contribution is 0.393. The molecule has 0 saturated carbocycles. The number of aromatic nitrogens is 2. The van der Waals surface area contributed by atoms with Crippen molar-refractivity contribution in [3.8, 4) is 0 Å². The Kier molecular flexibility index (Phi) is 1.88. The van der Waals surface area contributed by atoms with Crippen LogP contribution >= 0.6 is 23.2 Å². The van der Waals surface area contributed by atoms with Gasteiger partial charge < -0.3 is 0 Å². The Labute approximate surface area is 67.5 Å². The minimum absolute atomic E-state index is 0.0123. The number of hydrogen-bond donors (Lipinski definition) is 0. The van der Waals surface area contributed by atoms with Crippen LogP contribution in [0.25, 0.3) is 0 Å². The van der Waals surface area contributed by atoms with E-state index in [0.29, 0.717) is 0 Å². The molecule has 0 N–H and O–H groups in total. The Morgan fingerprint density at radius 3 is 2.50 bits per heavy atom. The normalized spacial score (nSPS) is 12.0. The quantitative estimate of drug-likeness (QED) is 0.608. The van der Waals surface area contributed by atoms with Gasteiger partial charge in [0, 0.05) is 13.2 Å². The zero-order valence-electron chi connectivity index (χ0n) is 5.18. The molecule has 1 heterocycles. The molecular formula is C5H5Cl2FN2. The summed E-state index contributed by atoms with van der Waals surface area (Å²) in [6, 6.07) is 1.42. The summed E-state index contributed by atoms with van der Waals surface area (Å²) < 4.78 is 11.6. The number of rotatable bonds is 1. The maximum absolute atomic E-state index is 12.6. The largest absolute Gasteiger partial charge is 0.301 e. The zero-order valence-corrected chi connectivity index (χ0v) is 6.69. The Morgan fingerprint density at radius 1 is 1.70 bits per heavy atom. The fraction of sp³-hybridized carbons (Fsp3) is 0.400. The standard InChI is InChI=1S/C5H5Cl2FN2/c1-10-3-2-4(9-10)5(6,7)8/h2-3H,1H3. The Morgan fingerprint density at radius 2 is 2.30 bits per heavy atom. The highest BCUT2D eigenvalue weighted by molar-refractivity contribution is 6.46. The summed E-state index contributed by atoms with van der Waals surface area (Å²) in [4.78, 5) is 0. The molecule has 56 valence electrons. The fourth-order valence-electron chi connectivity index (χ4n) is 0.566. The second kappa shape index (κ2) is 2.40. The van der Waals surface area contributed by atoms with Gasteiger partial charge in [0.2, 0.25) is 0 Å². The van der Waals surface area contributed by atoms with Gasteiger partial charge in [0.15, 0.2) is 0 Å². The molecule has 0 saturated heterocycles. The van der Waals surface area contributed by atoms with Crippen LogP contribution < -0.4 is 0 Å². The third-order valence-electron chi connectivity index (χ3n) is 1.00. The second-order valence-corrected chi connectivity index (χ2v) is 3.11. The van der Waals surface area contributed by atoms with Crippen LogP contribution in [0.3, 0.4) is 0 Å². The molecule has 0 aromatic carbocycles. The van der Waals surface area contributed by atoms with E-state index >= 15 is 0 Å². The minimum Gasteiger partial charge on any atom is -0.275 e. The first-order valence-corrected chi connectivity index (χ1v) is 3.32. The van der Waals surface area contributed by atoms with Crippen molar-refractivity contribution in [3.05, 3.63) is 18.0 Å². The molecule has 5 heteroatoms. The summed E-state index contributed by atoms with van der Waals surface area (Å²) in [6.07, 6.45) is 1.56. The summed E-state index contributed by atoms with van der Waals surface area (Å²) in [7, 11) is 1.66. The molecule has 10 heavy (non-hydrogen) atoms. The highest BCUT2D eigenvalue weighted by Gasteiger charge is 2.27. The van der Waals surface area contributed by atoms with E-state index in [-0.39, 0.29) is 5.69 Å². The summed E-state index contributed by atoms with van der Waals surface area (Å²) in [5.74, 6) is 0. The summed E-state index contributed by atoms with van der Waals surface area (Å²) >= 11 is 10.2. The van der Waals surface area contributed by atoms with Gasteiger partial charge in [-0.1, -0.05) is 23.2 Å². The highest BCUT2D eigenvalue weighted by Crippen LogP contribution is 2.33. The first-order chi connectivity index (χ1) is 4.50. The summed E-state index contributed by atoms with van der Waals surface area (Å²) in [5, 5.41) is 3.66. The molecule has 0 spiro atoms. The first-order valence-electron chi connectivity index (χ1n) is 2.57. The van der Waals surface area contributed by atoms with E-state index in [0.717, 1.165) is 0 Å². The Balaban J connectivity index is 2.96. The smallest absolute Gasteiger partial charge is 0.275 e. The van der Waals surface area contributed by atoms with Gasteiger partial charge in [-0.05, 0) is 6.07 Å². The molecular weight excluding hydrogens is 178 g/mol. The molecule has 0 aliphatic rings. The molecule has 0 atom stereocenters. The number of alkyl halides is 3. The lowest BCUT2D eigenvalue weighted by Crippen LogP contribution is -2.03. The molecule has 0 amide bonds. The van der Waals surface area contributed by atoms with E-state index in [1.165, 1.54) is 10.7 Å². The van der Waals surface area contributed by atoms with Gasteiger partial charge in [0.1, 0.15) is 5.69 Å². The predicted molar refractivity (Wildman–Crippen MR) is 37.7 cm³/mol. The van der Waals surface area contributed by atoms with Crippen molar-refractivity contribution in [2.24, 2.45) is 7.05 Å². The van der Waals surface area contributed by atoms with Crippen LogP contribution in [0.15, 0.2) is 12.3 Å². The van der Waals surface area contributed by atoms with Gasteiger partial charge in [-0.25, -0.2) is 4.39 Å². The van der Waals surface area contributed by atoms with Crippen molar-refractivity contribution in [1.29, 1.82) is 0 Å². The van der Waals surface area contributed by atoms with Gasteiger partial charge in [0.25, 0.3) is 0 Å². The van der Waals surface area contributed by atoms with E-state index in [1.807, 2.05) is 0 Å². The average molecular weight is 183 g/mol. The zero-order chi connectivity index (χ0) is 7.78. The summed E-state index contributed by atoms with van der Waals surface area (Å²) in [6.45, 7) is 0. The molecule has 0 fully saturated rings. The molecule has 1 rings (SSSR count). The molecule has 0 radical (unpaired) electrons. The van der Waals surface area contributed by atoms with Crippen LogP contribution in [0.5, 0.6) is 0 Å². The van der Waals surface area contributed by atoms with E-state index in [2.05, 4.69) is 5.10 Å². The third kappa shape index (κ3) is 1.61. The Hall–Kier alpha value is -0.280. The van der Waals surface area contributed by atoms with Gasteiger partial charge in [0.05, 0.1) is 0 Å². The second-order valence-electron chi connectivity index (χ2n) is 1.87. The van der Waals surface area contributed by atoms with Crippen LogP contribution in [-0.2, 0) is 11.6 Å². The topological polar surface area (TPSA) is 17.8 Å². The molecule has 1 aromatic rings. The summed E-state index contributed by atoms with van der Waals surface area (Å²) in [5.41, 5.74) is 0.0123. The van der Waals surface area contributed by atoms with Crippen molar-refractivity contribution in [3.63, 3.8) is 0 Å². The third-order valence-corrected chi connectivity index (χ3v) is 1.39. The molecule has 2 nitrogen and oxygen atoms in total. The van der Waals surface area contributed by atoms with Gasteiger partial charge in [-0.15, -0.1) is 0 Å². The lowest BCUT2D eigenvalue weighted by atomic mass is 10.5. The number of nitrogens with zero attached hydrogens (tertiary/aromatic N) is 2. The molecule has 1 aromatic heterocycles. The van der Waals surface area contributed by atoms with Crippen LogP contribution in [0.2, 0.25) is 0 Å².